The number of nitrogens with one attached hydrogen (secondary N) is 1. The SMILES string of the molecule is OC(CN1CCOCC1c1ncn[nH]1)c1cccc(Cl)c1. The predicted molar refractivity (Wildman–Crippen MR) is 77.9 cm³/mol. The summed E-state index contributed by atoms with van der Waals surface area (Å²) < 4.78 is 5.51. The summed E-state index contributed by atoms with van der Waals surface area (Å²) in [5.41, 5.74) is 0.810. The van der Waals surface area contributed by atoms with Crippen LogP contribution in [0.3, 0.4) is 0 Å². The number of β-amino-alcohol motifs (C(OH)–C–C–N with tert-alkyl or cyclic N) is 1. The highest BCUT2D eigenvalue weighted by atomic mass is 35.5. The van der Waals surface area contributed by atoms with Crippen LogP contribution in [0.1, 0.15) is 23.5 Å². The predicted octanol–water partition coefficient (Wildman–Crippen LogP) is 1.56. The second-order valence-corrected chi connectivity index (χ2v) is 5.46. The van der Waals surface area contributed by atoms with Crippen LogP contribution in [0.15, 0.2) is 30.6 Å². The Labute approximate surface area is 127 Å². The van der Waals surface area contributed by atoms with Gasteiger partial charge in [-0.15, -0.1) is 0 Å². The Balaban J connectivity index is 1.72. The first-order valence-electron chi connectivity index (χ1n) is 6.84. The van der Waals surface area contributed by atoms with Gasteiger partial charge in [-0.2, -0.15) is 5.10 Å². The second-order valence-electron chi connectivity index (χ2n) is 5.03. The van der Waals surface area contributed by atoms with Crippen molar-refractivity contribution in [3.05, 3.63) is 47.0 Å². The van der Waals surface area contributed by atoms with Crippen LogP contribution in [0.25, 0.3) is 0 Å². The number of hydrogen-bond acceptors (Lipinski definition) is 5. The molecule has 2 aromatic rings. The maximum absolute atomic E-state index is 10.4. The molecule has 0 bridgehead atoms. The first-order chi connectivity index (χ1) is 10.2. The minimum absolute atomic E-state index is 0.0184. The topological polar surface area (TPSA) is 74.3 Å². The molecule has 1 aromatic heterocycles. The molecule has 0 saturated carbocycles. The molecular weight excluding hydrogens is 292 g/mol. The van der Waals surface area contributed by atoms with Gasteiger partial charge in [0.2, 0.25) is 0 Å². The molecule has 0 aliphatic carbocycles. The number of hydrogen-bond donors (Lipinski definition) is 2. The normalized spacial score (nSPS) is 21.3. The van der Waals surface area contributed by atoms with Gasteiger partial charge in [0.05, 0.1) is 25.4 Å². The van der Waals surface area contributed by atoms with Crippen molar-refractivity contribution >= 4 is 11.6 Å². The van der Waals surface area contributed by atoms with Gasteiger partial charge in [-0.05, 0) is 17.7 Å². The third-order valence-corrected chi connectivity index (χ3v) is 3.86. The molecule has 3 rings (SSSR count). The molecule has 1 aliphatic rings. The van der Waals surface area contributed by atoms with E-state index in [1.54, 1.807) is 12.1 Å². The van der Waals surface area contributed by atoms with Gasteiger partial charge in [0, 0.05) is 18.1 Å². The fourth-order valence-corrected chi connectivity index (χ4v) is 2.72. The molecule has 7 heteroatoms. The van der Waals surface area contributed by atoms with E-state index in [0.717, 1.165) is 17.9 Å². The van der Waals surface area contributed by atoms with Crippen molar-refractivity contribution in [1.29, 1.82) is 0 Å². The van der Waals surface area contributed by atoms with Gasteiger partial charge in [-0.1, -0.05) is 23.7 Å². The molecule has 21 heavy (non-hydrogen) atoms. The molecule has 1 saturated heterocycles. The number of morpholine rings is 1. The van der Waals surface area contributed by atoms with Crippen LogP contribution >= 0.6 is 11.6 Å². The Hall–Kier alpha value is -1.47. The largest absolute Gasteiger partial charge is 0.387 e. The molecule has 112 valence electrons. The van der Waals surface area contributed by atoms with Crippen LogP contribution in [0, 0.1) is 0 Å². The summed E-state index contributed by atoms with van der Waals surface area (Å²) in [6, 6.07) is 7.28. The van der Waals surface area contributed by atoms with Crippen LogP contribution in [-0.4, -0.2) is 51.5 Å². The molecule has 2 unspecified atom stereocenters. The zero-order valence-corrected chi connectivity index (χ0v) is 12.2. The minimum atomic E-state index is -0.604. The number of aromatic amines is 1. The summed E-state index contributed by atoms with van der Waals surface area (Å²) in [6.07, 6.45) is 0.877. The third-order valence-electron chi connectivity index (χ3n) is 3.63. The lowest BCUT2D eigenvalue weighted by molar-refractivity contribution is -0.0306. The molecule has 0 radical (unpaired) electrons. The summed E-state index contributed by atoms with van der Waals surface area (Å²) >= 11 is 5.97. The van der Waals surface area contributed by atoms with E-state index in [0.29, 0.717) is 24.8 Å². The van der Waals surface area contributed by atoms with Crippen molar-refractivity contribution in [1.82, 2.24) is 20.1 Å². The highest BCUT2D eigenvalue weighted by molar-refractivity contribution is 6.30. The lowest BCUT2D eigenvalue weighted by Crippen LogP contribution is -2.42. The number of aromatic nitrogens is 3. The van der Waals surface area contributed by atoms with E-state index < -0.39 is 6.10 Å². The smallest absolute Gasteiger partial charge is 0.143 e. The van der Waals surface area contributed by atoms with E-state index in [1.807, 2.05) is 12.1 Å². The van der Waals surface area contributed by atoms with E-state index in [2.05, 4.69) is 20.1 Å². The Bertz CT molecular complexity index is 578. The zero-order chi connectivity index (χ0) is 14.7. The van der Waals surface area contributed by atoms with E-state index in [-0.39, 0.29) is 6.04 Å². The van der Waals surface area contributed by atoms with Gasteiger partial charge in [0.15, 0.2) is 0 Å². The first-order valence-corrected chi connectivity index (χ1v) is 7.22. The highest BCUT2D eigenvalue weighted by Gasteiger charge is 2.28. The fraction of sp³-hybridized carbons (Fsp3) is 0.429. The molecule has 1 aromatic carbocycles. The van der Waals surface area contributed by atoms with Crippen LogP contribution in [-0.2, 0) is 4.74 Å². The third kappa shape index (κ3) is 3.41. The molecule has 2 N–H and O–H groups in total. The number of aliphatic hydroxyl groups excluding tert-OH is 1. The number of rotatable bonds is 4. The van der Waals surface area contributed by atoms with Gasteiger partial charge >= 0.3 is 0 Å². The minimum Gasteiger partial charge on any atom is -0.387 e. The average molecular weight is 309 g/mol. The van der Waals surface area contributed by atoms with Crippen molar-refractivity contribution in [2.45, 2.75) is 12.1 Å². The number of H-pyrrole nitrogens is 1. The van der Waals surface area contributed by atoms with Crippen molar-refractivity contribution in [2.75, 3.05) is 26.3 Å². The lowest BCUT2D eigenvalue weighted by Gasteiger charge is -2.35. The monoisotopic (exact) mass is 308 g/mol. The molecule has 1 aliphatic heterocycles. The molecule has 2 heterocycles. The van der Waals surface area contributed by atoms with Crippen LogP contribution in [0.4, 0.5) is 0 Å². The van der Waals surface area contributed by atoms with Crippen molar-refractivity contribution < 1.29 is 9.84 Å². The van der Waals surface area contributed by atoms with E-state index in [1.165, 1.54) is 6.33 Å². The Kier molecular flexibility index (Phi) is 4.50. The number of halogens is 1. The summed E-state index contributed by atoms with van der Waals surface area (Å²) in [5.74, 6) is 0.757. The molecule has 2 atom stereocenters. The van der Waals surface area contributed by atoms with Crippen LogP contribution in [0.2, 0.25) is 5.02 Å². The average Bonchev–Trinajstić information content (AvgIpc) is 3.02. The Morgan fingerprint density at radius 2 is 2.43 bits per heavy atom. The number of ether oxygens (including phenoxy) is 1. The molecule has 1 fully saturated rings. The number of benzene rings is 1. The van der Waals surface area contributed by atoms with Crippen molar-refractivity contribution in [3.8, 4) is 0 Å². The lowest BCUT2D eigenvalue weighted by atomic mass is 10.1. The Morgan fingerprint density at radius 1 is 1.52 bits per heavy atom. The maximum atomic E-state index is 10.4. The molecule has 0 spiro atoms. The summed E-state index contributed by atoms with van der Waals surface area (Å²) in [5, 5.41) is 17.8. The summed E-state index contributed by atoms with van der Waals surface area (Å²) in [7, 11) is 0. The standard InChI is InChI=1S/C14H17ClN4O2/c15-11-3-1-2-10(6-11)13(20)7-19-4-5-21-8-12(19)14-16-9-17-18-14/h1-3,6,9,12-13,20H,4-5,7-8H2,(H,16,17,18). The number of aliphatic hydroxyl groups is 1. The van der Waals surface area contributed by atoms with Gasteiger partial charge in [0.1, 0.15) is 12.2 Å². The van der Waals surface area contributed by atoms with E-state index in [9.17, 15) is 5.11 Å². The molecule has 6 nitrogen and oxygen atoms in total. The molecule has 0 amide bonds. The van der Waals surface area contributed by atoms with Gasteiger partial charge in [-0.3, -0.25) is 10.00 Å². The Morgan fingerprint density at radius 3 is 3.19 bits per heavy atom. The quantitative estimate of drug-likeness (QED) is 0.897. The highest BCUT2D eigenvalue weighted by Crippen LogP contribution is 2.25. The van der Waals surface area contributed by atoms with Gasteiger partial charge in [-0.25, -0.2) is 4.98 Å². The zero-order valence-electron chi connectivity index (χ0n) is 11.4. The number of nitrogens with zero attached hydrogens (tertiary/aromatic N) is 3. The molecular formula is C14H17ClN4O2. The summed E-state index contributed by atoms with van der Waals surface area (Å²) in [4.78, 5) is 6.34. The van der Waals surface area contributed by atoms with Crippen LogP contribution in [0.5, 0.6) is 0 Å². The van der Waals surface area contributed by atoms with Gasteiger partial charge < -0.3 is 9.84 Å². The second kappa shape index (κ2) is 6.53. The van der Waals surface area contributed by atoms with Crippen molar-refractivity contribution in [2.24, 2.45) is 0 Å². The fourth-order valence-electron chi connectivity index (χ4n) is 2.53. The van der Waals surface area contributed by atoms with E-state index >= 15 is 0 Å². The van der Waals surface area contributed by atoms with Gasteiger partial charge in [0.25, 0.3) is 0 Å². The van der Waals surface area contributed by atoms with E-state index in [4.69, 9.17) is 16.3 Å². The summed E-state index contributed by atoms with van der Waals surface area (Å²) in [6.45, 7) is 2.42. The van der Waals surface area contributed by atoms with Crippen LogP contribution < -0.4 is 0 Å². The van der Waals surface area contributed by atoms with Crippen molar-refractivity contribution in [3.63, 3.8) is 0 Å². The first kappa shape index (κ1) is 14.5. The maximum Gasteiger partial charge on any atom is 0.143 e.